The van der Waals surface area contributed by atoms with Crippen LogP contribution in [-0.2, 0) is 9.84 Å². The highest BCUT2D eigenvalue weighted by molar-refractivity contribution is 7.92. The molecule has 1 saturated carbocycles. The van der Waals surface area contributed by atoms with E-state index in [1.165, 1.54) is 0 Å². The van der Waals surface area contributed by atoms with Crippen LogP contribution in [0.15, 0.2) is 0 Å². The summed E-state index contributed by atoms with van der Waals surface area (Å²) in [6.07, 6.45) is 6.94. The summed E-state index contributed by atoms with van der Waals surface area (Å²) in [5.74, 6) is 0.385. The molecule has 4 heteroatoms. The maximum Gasteiger partial charge on any atom is 0.154 e. The highest BCUT2D eigenvalue weighted by Gasteiger charge is 2.36. The zero-order valence-corrected chi connectivity index (χ0v) is 12.1. The van der Waals surface area contributed by atoms with Gasteiger partial charge in [-0.15, -0.1) is 0 Å². The average molecular weight is 261 g/mol. The summed E-state index contributed by atoms with van der Waals surface area (Å²) in [6.45, 7) is 5.16. The Morgan fingerprint density at radius 3 is 2.53 bits per heavy atom. The number of hydrogen-bond donors (Lipinski definition) is 1. The van der Waals surface area contributed by atoms with Gasteiger partial charge in [-0.05, 0) is 32.2 Å². The van der Waals surface area contributed by atoms with Crippen molar-refractivity contribution in [3.63, 3.8) is 0 Å². The first-order chi connectivity index (χ1) is 8.11. The molecule has 1 aliphatic carbocycles. The van der Waals surface area contributed by atoms with E-state index in [9.17, 15) is 8.42 Å². The SMILES string of the molecule is CCCCCS(=O)(=O)C1CCCC1NCCC. The molecule has 0 aromatic carbocycles. The van der Waals surface area contributed by atoms with Crippen molar-refractivity contribution in [3.8, 4) is 0 Å². The van der Waals surface area contributed by atoms with Crippen LogP contribution >= 0.6 is 0 Å². The van der Waals surface area contributed by atoms with E-state index in [-0.39, 0.29) is 11.3 Å². The van der Waals surface area contributed by atoms with Gasteiger partial charge in [0.2, 0.25) is 0 Å². The Hall–Kier alpha value is -0.0900. The summed E-state index contributed by atoms with van der Waals surface area (Å²) in [4.78, 5) is 0. The summed E-state index contributed by atoms with van der Waals surface area (Å²) in [5, 5.41) is 3.28. The Balaban J connectivity index is 2.50. The van der Waals surface area contributed by atoms with Crippen LogP contribution in [0.4, 0.5) is 0 Å². The lowest BCUT2D eigenvalue weighted by molar-refractivity contribution is 0.503. The number of unbranched alkanes of at least 4 members (excludes halogenated alkanes) is 2. The second kappa shape index (κ2) is 7.37. The first kappa shape index (κ1) is 15.0. The molecule has 0 aromatic rings. The second-order valence-corrected chi connectivity index (χ2v) is 7.44. The summed E-state index contributed by atoms with van der Waals surface area (Å²) in [5.41, 5.74) is 0. The van der Waals surface area contributed by atoms with Crippen molar-refractivity contribution in [2.75, 3.05) is 12.3 Å². The topological polar surface area (TPSA) is 46.2 Å². The van der Waals surface area contributed by atoms with Crippen molar-refractivity contribution >= 4 is 9.84 Å². The summed E-state index contributed by atoms with van der Waals surface area (Å²) >= 11 is 0. The van der Waals surface area contributed by atoms with E-state index in [1.54, 1.807) is 0 Å². The Morgan fingerprint density at radius 2 is 1.88 bits per heavy atom. The third kappa shape index (κ3) is 4.59. The van der Waals surface area contributed by atoms with Crippen molar-refractivity contribution < 1.29 is 8.42 Å². The van der Waals surface area contributed by atoms with Gasteiger partial charge in [0, 0.05) is 6.04 Å². The predicted molar refractivity (Wildman–Crippen MR) is 73.0 cm³/mol. The molecule has 2 unspecified atom stereocenters. The van der Waals surface area contributed by atoms with E-state index in [2.05, 4.69) is 19.2 Å². The molecule has 1 aliphatic rings. The lowest BCUT2D eigenvalue weighted by Crippen LogP contribution is -2.41. The van der Waals surface area contributed by atoms with Crippen LogP contribution in [0.2, 0.25) is 0 Å². The quantitative estimate of drug-likeness (QED) is 0.683. The average Bonchev–Trinajstić information content (AvgIpc) is 2.75. The zero-order chi connectivity index (χ0) is 12.7. The van der Waals surface area contributed by atoms with Gasteiger partial charge in [0.05, 0.1) is 11.0 Å². The maximum absolute atomic E-state index is 12.2. The maximum atomic E-state index is 12.2. The molecule has 0 radical (unpaired) electrons. The third-order valence-corrected chi connectivity index (χ3v) is 5.95. The standard InChI is InChI=1S/C13H27NO2S/c1-3-5-6-11-17(15,16)13-9-7-8-12(13)14-10-4-2/h12-14H,3-11H2,1-2H3. The Labute approximate surface area is 106 Å². The first-order valence-corrected chi connectivity index (χ1v) is 8.78. The van der Waals surface area contributed by atoms with Crippen LogP contribution in [0.3, 0.4) is 0 Å². The molecule has 0 amide bonds. The molecule has 17 heavy (non-hydrogen) atoms. The Morgan fingerprint density at radius 1 is 1.12 bits per heavy atom. The molecule has 1 rings (SSSR count). The van der Waals surface area contributed by atoms with Gasteiger partial charge in [0.15, 0.2) is 9.84 Å². The molecule has 0 aliphatic heterocycles. The van der Waals surface area contributed by atoms with Crippen LogP contribution in [0.5, 0.6) is 0 Å². The molecular weight excluding hydrogens is 234 g/mol. The van der Waals surface area contributed by atoms with E-state index in [0.29, 0.717) is 5.75 Å². The molecule has 1 fully saturated rings. The molecule has 0 aromatic heterocycles. The third-order valence-electron chi connectivity index (χ3n) is 3.60. The lowest BCUT2D eigenvalue weighted by Gasteiger charge is -2.21. The van der Waals surface area contributed by atoms with E-state index in [1.807, 2.05) is 0 Å². The molecule has 0 spiro atoms. The normalized spacial score (nSPS) is 25.3. The second-order valence-electron chi connectivity index (χ2n) is 5.10. The first-order valence-electron chi connectivity index (χ1n) is 7.06. The minimum atomic E-state index is -2.87. The minimum Gasteiger partial charge on any atom is -0.313 e. The van der Waals surface area contributed by atoms with Gasteiger partial charge in [-0.1, -0.05) is 33.1 Å². The van der Waals surface area contributed by atoms with Gasteiger partial charge in [0.1, 0.15) is 0 Å². The van der Waals surface area contributed by atoms with Gasteiger partial charge >= 0.3 is 0 Å². The predicted octanol–water partition coefficient (Wildman–Crippen LogP) is 2.51. The Kier molecular flexibility index (Phi) is 6.49. The van der Waals surface area contributed by atoms with E-state index in [4.69, 9.17) is 0 Å². The van der Waals surface area contributed by atoms with E-state index in [0.717, 1.165) is 51.5 Å². The number of nitrogens with one attached hydrogen (secondary N) is 1. The molecule has 102 valence electrons. The Bertz CT molecular complexity index is 301. The van der Waals surface area contributed by atoms with Crippen molar-refractivity contribution in [2.24, 2.45) is 0 Å². The smallest absolute Gasteiger partial charge is 0.154 e. The van der Waals surface area contributed by atoms with Crippen LogP contribution in [-0.4, -0.2) is 32.0 Å². The summed E-state index contributed by atoms with van der Waals surface area (Å²) < 4.78 is 24.5. The number of sulfone groups is 1. The fraction of sp³-hybridized carbons (Fsp3) is 1.00. The van der Waals surface area contributed by atoms with Crippen LogP contribution in [0, 0.1) is 0 Å². The number of hydrogen-bond acceptors (Lipinski definition) is 3. The molecule has 0 saturated heterocycles. The minimum absolute atomic E-state index is 0.120. The molecule has 0 bridgehead atoms. The van der Waals surface area contributed by atoms with Gasteiger partial charge < -0.3 is 5.32 Å². The van der Waals surface area contributed by atoms with Crippen molar-refractivity contribution in [1.82, 2.24) is 5.32 Å². The van der Waals surface area contributed by atoms with Crippen molar-refractivity contribution in [3.05, 3.63) is 0 Å². The molecule has 0 heterocycles. The van der Waals surface area contributed by atoms with Gasteiger partial charge in [-0.3, -0.25) is 0 Å². The fourth-order valence-electron chi connectivity index (χ4n) is 2.62. The van der Waals surface area contributed by atoms with Crippen LogP contribution < -0.4 is 5.32 Å². The van der Waals surface area contributed by atoms with Crippen molar-refractivity contribution in [2.45, 2.75) is 70.1 Å². The fourth-order valence-corrected chi connectivity index (χ4v) is 4.79. The van der Waals surface area contributed by atoms with E-state index < -0.39 is 9.84 Å². The molecule has 1 N–H and O–H groups in total. The molecular formula is C13H27NO2S. The van der Waals surface area contributed by atoms with Gasteiger partial charge in [0.25, 0.3) is 0 Å². The van der Waals surface area contributed by atoms with Crippen LogP contribution in [0.1, 0.15) is 58.8 Å². The summed E-state index contributed by atoms with van der Waals surface area (Å²) in [6, 6.07) is 0.210. The van der Waals surface area contributed by atoms with Gasteiger partial charge in [-0.2, -0.15) is 0 Å². The van der Waals surface area contributed by atoms with Gasteiger partial charge in [-0.25, -0.2) is 8.42 Å². The van der Waals surface area contributed by atoms with Crippen LogP contribution in [0.25, 0.3) is 0 Å². The van der Waals surface area contributed by atoms with Crippen molar-refractivity contribution in [1.29, 1.82) is 0 Å². The van der Waals surface area contributed by atoms with E-state index >= 15 is 0 Å². The monoisotopic (exact) mass is 261 g/mol. The molecule has 2 atom stereocenters. The number of rotatable bonds is 8. The summed E-state index contributed by atoms with van der Waals surface area (Å²) in [7, 11) is -2.87. The highest BCUT2D eigenvalue weighted by atomic mass is 32.2. The molecule has 3 nitrogen and oxygen atoms in total. The zero-order valence-electron chi connectivity index (χ0n) is 11.2. The largest absolute Gasteiger partial charge is 0.313 e. The highest BCUT2D eigenvalue weighted by Crippen LogP contribution is 2.26. The lowest BCUT2D eigenvalue weighted by atomic mass is 10.2.